The molecule has 0 atom stereocenters. The Morgan fingerprint density at radius 2 is 2.05 bits per heavy atom. The van der Waals surface area contributed by atoms with Crippen LogP contribution >= 0.6 is 11.8 Å². The third kappa shape index (κ3) is 3.21. The van der Waals surface area contributed by atoms with E-state index in [1.165, 1.54) is 18.2 Å². The zero-order valence-corrected chi connectivity index (χ0v) is 13.1. The second-order valence-electron chi connectivity index (χ2n) is 5.14. The highest BCUT2D eigenvalue weighted by Crippen LogP contribution is 2.39. The van der Waals surface area contributed by atoms with E-state index in [0.29, 0.717) is 6.54 Å². The number of nitrogens with two attached hydrogens (primary N) is 1. The summed E-state index contributed by atoms with van der Waals surface area (Å²) in [6.07, 6.45) is 6.39. The van der Waals surface area contributed by atoms with Crippen LogP contribution in [0, 0.1) is 0 Å². The molecule has 7 heteroatoms. The van der Waals surface area contributed by atoms with Gasteiger partial charge in [-0.1, -0.05) is 12.8 Å². The molecule has 1 aliphatic carbocycles. The molecule has 0 bridgehead atoms. The normalized spacial score (nSPS) is 18.2. The summed E-state index contributed by atoms with van der Waals surface area (Å²) in [5, 5.41) is 9.35. The molecule has 0 radical (unpaired) electrons. The lowest BCUT2D eigenvalue weighted by Crippen LogP contribution is -2.38. The van der Waals surface area contributed by atoms with Crippen molar-refractivity contribution in [2.24, 2.45) is 0 Å². The van der Waals surface area contributed by atoms with Gasteiger partial charge in [-0.15, -0.1) is 0 Å². The molecule has 4 N–H and O–H groups in total. The van der Waals surface area contributed by atoms with Crippen LogP contribution in [0.15, 0.2) is 23.1 Å². The van der Waals surface area contributed by atoms with Crippen LogP contribution in [0.4, 0.5) is 5.69 Å². The van der Waals surface area contributed by atoms with E-state index in [1.54, 1.807) is 11.8 Å². The van der Waals surface area contributed by atoms with Gasteiger partial charge >= 0.3 is 0 Å². The number of nitrogen functional groups attached to an aromatic ring is 1. The van der Waals surface area contributed by atoms with Crippen LogP contribution in [0.2, 0.25) is 0 Å². The Morgan fingerprint density at radius 1 is 1.40 bits per heavy atom. The highest BCUT2D eigenvalue weighted by Gasteiger charge is 2.34. The van der Waals surface area contributed by atoms with Gasteiger partial charge in [0.2, 0.25) is 10.0 Å². The first-order chi connectivity index (χ1) is 9.38. The van der Waals surface area contributed by atoms with Gasteiger partial charge in [0, 0.05) is 11.3 Å². The molecular weight excluding hydrogens is 296 g/mol. The van der Waals surface area contributed by atoms with Gasteiger partial charge in [0.25, 0.3) is 0 Å². The van der Waals surface area contributed by atoms with E-state index in [0.717, 1.165) is 25.7 Å². The van der Waals surface area contributed by atoms with Crippen molar-refractivity contribution >= 4 is 27.5 Å². The molecule has 2 rings (SSSR count). The maximum absolute atomic E-state index is 12.3. The fourth-order valence-electron chi connectivity index (χ4n) is 2.48. The molecule has 1 aromatic carbocycles. The topological polar surface area (TPSA) is 92.4 Å². The molecule has 0 amide bonds. The van der Waals surface area contributed by atoms with Gasteiger partial charge in [0.1, 0.15) is 5.75 Å². The number of hydrogen-bond acceptors (Lipinski definition) is 5. The van der Waals surface area contributed by atoms with Crippen LogP contribution in [-0.4, -0.2) is 31.1 Å². The number of anilines is 1. The largest absolute Gasteiger partial charge is 0.506 e. The standard InChI is InChI=1S/C13H20N2O3S2/c1-19-13(6-2-3-7-13)9-15-20(17,18)10-4-5-12(16)11(14)8-10/h4-5,8,15-16H,2-3,6-7,9,14H2,1H3. The molecule has 5 nitrogen and oxygen atoms in total. The van der Waals surface area contributed by atoms with E-state index in [4.69, 9.17) is 5.73 Å². The summed E-state index contributed by atoms with van der Waals surface area (Å²) in [4.78, 5) is 0.0852. The van der Waals surface area contributed by atoms with Gasteiger partial charge in [-0.05, 0) is 37.3 Å². The second kappa shape index (κ2) is 5.83. The molecule has 0 heterocycles. The Kier molecular flexibility index (Phi) is 4.51. The Morgan fingerprint density at radius 3 is 2.60 bits per heavy atom. The van der Waals surface area contributed by atoms with Gasteiger partial charge in [-0.3, -0.25) is 0 Å². The van der Waals surface area contributed by atoms with Gasteiger partial charge in [0.15, 0.2) is 0 Å². The van der Waals surface area contributed by atoms with Crippen LogP contribution < -0.4 is 10.5 Å². The quantitative estimate of drug-likeness (QED) is 0.570. The molecule has 0 aliphatic heterocycles. The van der Waals surface area contributed by atoms with Crippen molar-refractivity contribution in [3.63, 3.8) is 0 Å². The average Bonchev–Trinajstić information content (AvgIpc) is 2.89. The van der Waals surface area contributed by atoms with Crippen LogP contribution in [0.3, 0.4) is 0 Å². The van der Waals surface area contributed by atoms with E-state index in [2.05, 4.69) is 4.72 Å². The predicted octanol–water partition coefficient (Wildman–Crippen LogP) is 1.93. The van der Waals surface area contributed by atoms with Gasteiger partial charge in [-0.25, -0.2) is 13.1 Å². The number of aromatic hydroxyl groups is 1. The minimum Gasteiger partial charge on any atom is -0.506 e. The van der Waals surface area contributed by atoms with E-state index in [-0.39, 0.29) is 21.1 Å². The van der Waals surface area contributed by atoms with Crippen molar-refractivity contribution in [3.8, 4) is 5.75 Å². The van der Waals surface area contributed by atoms with E-state index >= 15 is 0 Å². The molecule has 1 aliphatic rings. The summed E-state index contributed by atoms with van der Waals surface area (Å²) < 4.78 is 27.2. The molecule has 0 spiro atoms. The molecule has 20 heavy (non-hydrogen) atoms. The Hall–Kier alpha value is -0.920. The van der Waals surface area contributed by atoms with Crippen LogP contribution in [0.5, 0.6) is 5.75 Å². The summed E-state index contributed by atoms with van der Waals surface area (Å²) in [5.74, 6) is -0.111. The highest BCUT2D eigenvalue weighted by molar-refractivity contribution is 8.00. The smallest absolute Gasteiger partial charge is 0.240 e. The first-order valence-corrected chi connectivity index (χ1v) is 9.23. The Balaban J connectivity index is 2.13. The third-order valence-electron chi connectivity index (χ3n) is 3.84. The zero-order valence-electron chi connectivity index (χ0n) is 11.4. The van der Waals surface area contributed by atoms with Gasteiger partial charge in [0.05, 0.1) is 10.6 Å². The first-order valence-electron chi connectivity index (χ1n) is 6.52. The molecular formula is C13H20N2O3S2. The van der Waals surface area contributed by atoms with E-state index < -0.39 is 10.0 Å². The third-order valence-corrected chi connectivity index (χ3v) is 6.66. The lowest BCUT2D eigenvalue weighted by atomic mass is 10.1. The maximum atomic E-state index is 12.3. The summed E-state index contributed by atoms with van der Waals surface area (Å²) in [7, 11) is -3.59. The number of rotatable bonds is 5. The van der Waals surface area contributed by atoms with Crippen molar-refractivity contribution in [3.05, 3.63) is 18.2 Å². The van der Waals surface area contributed by atoms with E-state index in [1.807, 2.05) is 6.26 Å². The van der Waals surface area contributed by atoms with Crippen LogP contribution in [0.25, 0.3) is 0 Å². The highest BCUT2D eigenvalue weighted by atomic mass is 32.2. The molecule has 0 saturated heterocycles. The number of sulfonamides is 1. The molecule has 0 aromatic heterocycles. The Labute approximate surface area is 124 Å². The monoisotopic (exact) mass is 316 g/mol. The van der Waals surface area contributed by atoms with Crippen molar-refractivity contribution < 1.29 is 13.5 Å². The van der Waals surface area contributed by atoms with Crippen LogP contribution in [0.1, 0.15) is 25.7 Å². The molecule has 112 valence electrons. The molecule has 0 unspecified atom stereocenters. The zero-order chi connectivity index (χ0) is 14.8. The summed E-state index contributed by atoms with van der Waals surface area (Å²) >= 11 is 1.73. The lowest BCUT2D eigenvalue weighted by Gasteiger charge is -2.26. The van der Waals surface area contributed by atoms with E-state index in [9.17, 15) is 13.5 Å². The molecule has 1 saturated carbocycles. The first kappa shape index (κ1) is 15.5. The number of nitrogens with one attached hydrogen (secondary N) is 1. The second-order valence-corrected chi connectivity index (χ2v) is 8.18. The van der Waals surface area contributed by atoms with Crippen molar-refractivity contribution in [1.82, 2.24) is 4.72 Å². The number of hydrogen-bond donors (Lipinski definition) is 3. The predicted molar refractivity (Wildman–Crippen MR) is 82.4 cm³/mol. The van der Waals surface area contributed by atoms with Crippen molar-refractivity contribution in [1.29, 1.82) is 0 Å². The lowest BCUT2D eigenvalue weighted by molar-refractivity contribution is 0.477. The SMILES string of the molecule is CSC1(CNS(=O)(=O)c2ccc(O)c(N)c2)CCCC1. The molecule has 1 aromatic rings. The average molecular weight is 316 g/mol. The number of benzene rings is 1. The summed E-state index contributed by atoms with van der Waals surface area (Å²) in [6.45, 7) is 0.428. The van der Waals surface area contributed by atoms with Crippen LogP contribution in [-0.2, 0) is 10.0 Å². The van der Waals surface area contributed by atoms with Gasteiger partial charge < -0.3 is 10.8 Å². The fraction of sp³-hybridized carbons (Fsp3) is 0.538. The minimum atomic E-state index is -3.59. The Bertz CT molecular complexity index is 581. The number of phenolic OH excluding ortho intramolecular Hbond substituents is 1. The summed E-state index contributed by atoms with van der Waals surface area (Å²) in [5.41, 5.74) is 5.60. The van der Waals surface area contributed by atoms with Gasteiger partial charge in [-0.2, -0.15) is 11.8 Å². The molecule has 1 fully saturated rings. The van der Waals surface area contributed by atoms with Crippen molar-refractivity contribution in [2.75, 3.05) is 18.5 Å². The maximum Gasteiger partial charge on any atom is 0.240 e. The van der Waals surface area contributed by atoms with Crippen molar-refractivity contribution in [2.45, 2.75) is 35.3 Å². The fourth-order valence-corrected chi connectivity index (χ4v) is 4.65. The number of thioether (sulfide) groups is 1. The summed E-state index contributed by atoms with van der Waals surface area (Å²) in [6, 6.07) is 3.93. The minimum absolute atomic E-state index is 0.00946. The number of phenols is 1.